The maximum atomic E-state index is 12.7. The number of nitrogens with two attached hydrogens (primary N) is 1. The molecule has 0 saturated heterocycles. The number of ether oxygens (including phenoxy) is 1. The number of nitrogens with one attached hydrogen (secondary N) is 2. The van der Waals surface area contributed by atoms with E-state index in [-0.39, 0.29) is 23.5 Å². The summed E-state index contributed by atoms with van der Waals surface area (Å²) in [6.07, 6.45) is -1.05. The molecule has 6 rings (SSSR count). The summed E-state index contributed by atoms with van der Waals surface area (Å²) in [7, 11) is 0. The van der Waals surface area contributed by atoms with Crippen LogP contribution >= 0.6 is 0 Å². The van der Waals surface area contributed by atoms with E-state index in [2.05, 4.69) is 10.6 Å². The van der Waals surface area contributed by atoms with E-state index in [0.29, 0.717) is 5.69 Å². The van der Waals surface area contributed by atoms with Gasteiger partial charge in [0, 0.05) is 23.7 Å². The first-order valence-corrected chi connectivity index (χ1v) is 11.6. The molecule has 3 amide bonds. The molecule has 4 aromatic rings. The van der Waals surface area contributed by atoms with Crippen LogP contribution in [0.25, 0.3) is 16.8 Å². The summed E-state index contributed by atoms with van der Waals surface area (Å²) in [5, 5.41) is 4.91. The number of carbonyl (C=O) groups excluding carboxylic acids is 3. The highest BCUT2D eigenvalue weighted by Crippen LogP contribution is 2.45. The van der Waals surface area contributed by atoms with Crippen molar-refractivity contribution in [2.24, 2.45) is 0 Å². The van der Waals surface area contributed by atoms with E-state index in [0.717, 1.165) is 38.5 Å². The van der Waals surface area contributed by atoms with Crippen molar-refractivity contribution in [2.45, 2.75) is 12.6 Å². The molecule has 9 nitrogen and oxygen atoms in total. The van der Waals surface area contributed by atoms with Crippen LogP contribution in [0.15, 0.2) is 83.7 Å². The van der Waals surface area contributed by atoms with E-state index in [4.69, 9.17) is 10.5 Å². The minimum Gasteiger partial charge on any atom is -0.436 e. The summed E-state index contributed by atoms with van der Waals surface area (Å²) in [6.45, 7) is 0.195. The molecule has 3 aromatic carbocycles. The molecule has 2 aliphatic rings. The second kappa shape index (κ2) is 8.49. The van der Waals surface area contributed by atoms with Crippen LogP contribution in [-0.4, -0.2) is 22.5 Å². The first-order chi connectivity index (χ1) is 17.9. The van der Waals surface area contributed by atoms with Gasteiger partial charge in [0.2, 0.25) is 0 Å². The van der Waals surface area contributed by atoms with Gasteiger partial charge in [0.15, 0.2) is 6.10 Å². The topological polar surface area (TPSA) is 133 Å². The Balaban J connectivity index is 1.17. The van der Waals surface area contributed by atoms with Gasteiger partial charge in [-0.1, -0.05) is 60.7 Å². The molecule has 0 spiro atoms. The van der Waals surface area contributed by atoms with Gasteiger partial charge in [-0.25, -0.2) is 4.79 Å². The number of fused-ring (bicyclic) bond motifs is 4. The molecule has 9 heteroatoms. The predicted molar refractivity (Wildman–Crippen MR) is 135 cm³/mol. The van der Waals surface area contributed by atoms with Crippen LogP contribution in [-0.2, 0) is 11.3 Å². The number of pyridine rings is 1. The van der Waals surface area contributed by atoms with Crippen molar-refractivity contribution in [1.82, 2.24) is 15.2 Å². The van der Waals surface area contributed by atoms with E-state index in [9.17, 15) is 19.2 Å². The fourth-order valence-corrected chi connectivity index (χ4v) is 4.87. The average molecular weight is 492 g/mol. The van der Waals surface area contributed by atoms with E-state index < -0.39 is 29.6 Å². The Hall–Kier alpha value is -5.18. The number of benzene rings is 3. The average Bonchev–Trinajstić information content (AvgIpc) is 3.37. The number of imide groups is 1. The number of aromatic nitrogens is 1. The summed E-state index contributed by atoms with van der Waals surface area (Å²) in [4.78, 5) is 49.2. The third-order valence-electron chi connectivity index (χ3n) is 6.59. The summed E-state index contributed by atoms with van der Waals surface area (Å²) in [5.74, 6) is -1.40. The number of anilines is 1. The highest BCUT2D eigenvalue weighted by Gasteiger charge is 2.32. The molecule has 1 aliphatic carbocycles. The minimum atomic E-state index is -0.645. The zero-order chi connectivity index (χ0) is 25.7. The van der Waals surface area contributed by atoms with E-state index in [1.807, 2.05) is 48.5 Å². The minimum absolute atomic E-state index is 0.0202. The van der Waals surface area contributed by atoms with Gasteiger partial charge >= 0.3 is 6.09 Å². The van der Waals surface area contributed by atoms with Crippen molar-refractivity contribution in [1.29, 1.82) is 0 Å². The quantitative estimate of drug-likeness (QED) is 0.375. The van der Waals surface area contributed by atoms with Crippen molar-refractivity contribution in [3.63, 3.8) is 0 Å². The lowest BCUT2D eigenvalue weighted by atomic mass is 10.1. The number of nitrogens with zero attached hydrogens (tertiary/aromatic N) is 1. The van der Waals surface area contributed by atoms with Crippen LogP contribution < -0.4 is 21.9 Å². The Morgan fingerprint density at radius 3 is 2.14 bits per heavy atom. The molecule has 2 heterocycles. The number of rotatable bonds is 4. The van der Waals surface area contributed by atoms with Gasteiger partial charge in [0.05, 0.1) is 16.8 Å². The largest absolute Gasteiger partial charge is 0.436 e. The second-order valence-electron chi connectivity index (χ2n) is 8.75. The smallest absolute Gasteiger partial charge is 0.408 e. The fourth-order valence-electron chi connectivity index (χ4n) is 4.87. The van der Waals surface area contributed by atoms with E-state index in [1.165, 1.54) is 0 Å². The molecule has 0 radical (unpaired) electrons. The van der Waals surface area contributed by atoms with E-state index in [1.54, 1.807) is 24.3 Å². The summed E-state index contributed by atoms with van der Waals surface area (Å²) in [5.41, 5.74) is 10.7. The van der Waals surface area contributed by atoms with Crippen LogP contribution in [0.4, 0.5) is 10.6 Å². The van der Waals surface area contributed by atoms with Crippen molar-refractivity contribution in [3.8, 4) is 16.8 Å². The second-order valence-corrected chi connectivity index (χ2v) is 8.75. The Kier molecular flexibility index (Phi) is 5.11. The molecular formula is C28H20N4O5. The number of amides is 3. The molecule has 182 valence electrons. The number of nitrogen functional groups attached to an aromatic ring is 1. The monoisotopic (exact) mass is 492 g/mol. The van der Waals surface area contributed by atoms with Gasteiger partial charge in [0.1, 0.15) is 5.82 Å². The Labute approximate surface area is 210 Å². The Morgan fingerprint density at radius 2 is 1.49 bits per heavy atom. The maximum Gasteiger partial charge on any atom is 0.408 e. The standard InChI is InChI=1S/C28H20N4O5/c29-25-23-21(26(34)31-27(23)35)13-22(33)32(25)16-11-9-15(10-12-16)14-30-28(36)37-24-19-7-3-1-5-17(19)18-6-2-4-8-20(18)24/h1-13,24H,14,29H2,(H,30,36)(H,31,34,35). The molecule has 37 heavy (non-hydrogen) atoms. The molecular weight excluding hydrogens is 472 g/mol. The third kappa shape index (κ3) is 3.64. The summed E-state index contributed by atoms with van der Waals surface area (Å²) in [6, 6.07) is 23.5. The summed E-state index contributed by atoms with van der Waals surface area (Å²) < 4.78 is 6.96. The normalized spacial score (nSPS) is 13.5. The molecule has 0 fully saturated rings. The highest BCUT2D eigenvalue weighted by molar-refractivity contribution is 6.23. The maximum absolute atomic E-state index is 12.7. The van der Waals surface area contributed by atoms with E-state index >= 15 is 0 Å². The number of hydrogen-bond acceptors (Lipinski definition) is 6. The fraction of sp³-hybridized carbons (Fsp3) is 0.0714. The van der Waals surface area contributed by atoms with Crippen LogP contribution in [0.5, 0.6) is 0 Å². The van der Waals surface area contributed by atoms with Crippen LogP contribution in [0.2, 0.25) is 0 Å². The lowest BCUT2D eigenvalue weighted by Gasteiger charge is -2.16. The van der Waals surface area contributed by atoms with Crippen LogP contribution in [0.3, 0.4) is 0 Å². The molecule has 0 saturated carbocycles. The van der Waals surface area contributed by atoms with Gasteiger partial charge in [-0.05, 0) is 28.8 Å². The van der Waals surface area contributed by atoms with Crippen molar-refractivity contribution < 1.29 is 19.1 Å². The number of hydrogen-bond donors (Lipinski definition) is 3. The SMILES string of the molecule is Nc1c2c(cc(=O)n1-c1ccc(CNC(=O)OC3c4ccccc4-c4ccccc43)cc1)C(=O)NC2=O. The molecule has 0 atom stereocenters. The predicted octanol–water partition coefficient (Wildman–Crippen LogP) is 3.30. The molecule has 0 unspecified atom stereocenters. The first kappa shape index (κ1) is 22.3. The lowest BCUT2D eigenvalue weighted by molar-refractivity contribution is 0.0879. The zero-order valence-electron chi connectivity index (χ0n) is 19.4. The van der Waals surface area contributed by atoms with Gasteiger partial charge in [-0.3, -0.25) is 24.3 Å². The van der Waals surface area contributed by atoms with Crippen molar-refractivity contribution in [2.75, 3.05) is 5.73 Å². The van der Waals surface area contributed by atoms with Crippen LogP contribution in [0.1, 0.15) is 43.5 Å². The lowest BCUT2D eigenvalue weighted by Crippen LogP contribution is -2.26. The Bertz CT molecular complexity index is 1630. The summed E-state index contributed by atoms with van der Waals surface area (Å²) >= 11 is 0. The highest BCUT2D eigenvalue weighted by atomic mass is 16.6. The van der Waals surface area contributed by atoms with Gasteiger partial charge < -0.3 is 15.8 Å². The molecule has 1 aromatic heterocycles. The molecule has 4 N–H and O–H groups in total. The van der Waals surface area contributed by atoms with Gasteiger partial charge in [0.25, 0.3) is 17.4 Å². The van der Waals surface area contributed by atoms with Gasteiger partial charge in [-0.15, -0.1) is 0 Å². The molecule has 0 bridgehead atoms. The van der Waals surface area contributed by atoms with Crippen molar-refractivity contribution in [3.05, 3.63) is 117 Å². The number of carbonyl (C=O) groups is 3. The third-order valence-corrected chi connectivity index (χ3v) is 6.59. The van der Waals surface area contributed by atoms with Crippen LogP contribution in [0, 0.1) is 0 Å². The Morgan fingerprint density at radius 1 is 0.865 bits per heavy atom. The zero-order valence-corrected chi connectivity index (χ0v) is 19.4. The number of alkyl carbamates (subject to hydrolysis) is 1. The molecule has 1 aliphatic heterocycles. The first-order valence-electron chi connectivity index (χ1n) is 11.6. The van der Waals surface area contributed by atoms with Crippen molar-refractivity contribution >= 4 is 23.7 Å². The van der Waals surface area contributed by atoms with Gasteiger partial charge in [-0.2, -0.15) is 0 Å².